The van der Waals surface area contributed by atoms with Gasteiger partial charge in [-0.15, -0.1) is 0 Å². The van der Waals surface area contributed by atoms with Gasteiger partial charge < -0.3 is 5.11 Å². The molecule has 2 rings (SSSR count). The van der Waals surface area contributed by atoms with E-state index < -0.39 is 11.9 Å². The van der Waals surface area contributed by atoms with Gasteiger partial charge in [-0.25, -0.2) is 9.79 Å². The molecular formula is C17H15ClN4O3. The number of hydrogen-bond acceptors (Lipinski definition) is 4. The standard InChI is InChI=1S/C17H15ClN4O3/c1-11-6-7-14(19-10-11)17(20-13-5-3-2-4-12(13)18)22-21-15(23)8-9-16(24)25/h2-10H,1H3,(H,20,22)(H,21,23)(H,24,25)/b9-8+. The van der Waals surface area contributed by atoms with Gasteiger partial charge in [0.15, 0.2) is 5.84 Å². The monoisotopic (exact) mass is 358 g/mol. The maximum Gasteiger partial charge on any atom is 0.328 e. The van der Waals surface area contributed by atoms with E-state index in [1.165, 1.54) is 0 Å². The van der Waals surface area contributed by atoms with Crippen molar-refractivity contribution in [1.29, 1.82) is 0 Å². The van der Waals surface area contributed by atoms with E-state index in [-0.39, 0.29) is 5.84 Å². The summed E-state index contributed by atoms with van der Waals surface area (Å²) >= 11 is 6.11. The number of aliphatic carboxylic acids is 1. The molecule has 2 aromatic rings. The lowest BCUT2D eigenvalue weighted by molar-refractivity contribution is -0.131. The van der Waals surface area contributed by atoms with Crippen LogP contribution in [0.3, 0.4) is 0 Å². The van der Waals surface area contributed by atoms with Crippen molar-refractivity contribution < 1.29 is 14.7 Å². The largest absolute Gasteiger partial charge is 0.478 e. The molecule has 1 heterocycles. The fourth-order valence-corrected chi connectivity index (χ4v) is 1.91. The zero-order valence-electron chi connectivity index (χ0n) is 13.2. The third kappa shape index (κ3) is 5.74. The molecule has 1 aromatic heterocycles. The summed E-state index contributed by atoms with van der Waals surface area (Å²) in [5.74, 6) is -1.62. The molecule has 128 valence electrons. The minimum Gasteiger partial charge on any atom is -0.478 e. The van der Waals surface area contributed by atoms with E-state index in [0.29, 0.717) is 16.4 Å². The third-order valence-electron chi connectivity index (χ3n) is 2.92. The average Bonchev–Trinajstić information content (AvgIpc) is 2.59. The molecule has 1 amide bonds. The molecule has 0 atom stereocenters. The molecule has 7 nitrogen and oxygen atoms in total. The van der Waals surface area contributed by atoms with E-state index in [1.807, 2.05) is 13.0 Å². The van der Waals surface area contributed by atoms with E-state index in [4.69, 9.17) is 16.7 Å². The molecule has 0 radical (unpaired) electrons. The Bertz CT molecular complexity index is 832. The highest BCUT2D eigenvalue weighted by molar-refractivity contribution is 6.33. The summed E-state index contributed by atoms with van der Waals surface area (Å²) < 4.78 is 0. The fraction of sp³-hybridized carbons (Fsp3) is 0.0588. The number of para-hydroxylation sites is 1. The van der Waals surface area contributed by atoms with Crippen LogP contribution in [0.1, 0.15) is 11.3 Å². The van der Waals surface area contributed by atoms with E-state index in [1.54, 1.807) is 36.5 Å². The van der Waals surface area contributed by atoms with Gasteiger partial charge in [0.05, 0.1) is 10.7 Å². The Balaban J connectivity index is 2.27. The highest BCUT2D eigenvalue weighted by Gasteiger charge is 2.08. The predicted octanol–water partition coefficient (Wildman–Crippen LogP) is 2.38. The molecule has 8 heteroatoms. The Morgan fingerprint density at radius 1 is 1.16 bits per heavy atom. The van der Waals surface area contributed by atoms with Gasteiger partial charge in [0.2, 0.25) is 0 Å². The highest BCUT2D eigenvalue weighted by Crippen LogP contribution is 2.24. The number of aryl methyl sites for hydroxylation is 1. The van der Waals surface area contributed by atoms with Crippen LogP contribution in [0.25, 0.3) is 0 Å². The lowest BCUT2D eigenvalue weighted by Gasteiger charge is -2.10. The molecule has 25 heavy (non-hydrogen) atoms. The number of carboxylic acid groups (broad SMARTS) is 1. The van der Waals surface area contributed by atoms with Gasteiger partial charge in [-0.2, -0.15) is 0 Å². The van der Waals surface area contributed by atoms with Crippen molar-refractivity contribution in [3.63, 3.8) is 0 Å². The van der Waals surface area contributed by atoms with Crippen molar-refractivity contribution >= 4 is 35.0 Å². The van der Waals surface area contributed by atoms with Crippen LogP contribution in [0.5, 0.6) is 0 Å². The lowest BCUT2D eigenvalue weighted by Crippen LogP contribution is -2.41. The Hall–Kier alpha value is -3.19. The molecule has 0 aliphatic rings. The van der Waals surface area contributed by atoms with Crippen molar-refractivity contribution in [3.05, 3.63) is 71.0 Å². The molecule has 0 fully saturated rings. The predicted molar refractivity (Wildman–Crippen MR) is 94.7 cm³/mol. The van der Waals surface area contributed by atoms with Crippen molar-refractivity contribution in [3.8, 4) is 0 Å². The SMILES string of the molecule is Cc1ccc(/C(=N/c2ccccc2Cl)NNC(=O)/C=C/C(=O)O)nc1. The first-order chi connectivity index (χ1) is 12.0. The van der Waals surface area contributed by atoms with E-state index in [2.05, 4.69) is 20.8 Å². The number of hydrazine groups is 1. The summed E-state index contributed by atoms with van der Waals surface area (Å²) in [6.07, 6.45) is 3.27. The molecule has 0 aliphatic heterocycles. The summed E-state index contributed by atoms with van der Waals surface area (Å²) in [6.45, 7) is 1.90. The number of nitrogens with zero attached hydrogens (tertiary/aromatic N) is 2. The van der Waals surface area contributed by atoms with Gasteiger partial charge in [-0.3, -0.25) is 20.6 Å². The number of aromatic nitrogens is 1. The van der Waals surface area contributed by atoms with Crippen LogP contribution >= 0.6 is 11.6 Å². The number of carbonyl (C=O) groups excluding carboxylic acids is 1. The first kappa shape index (κ1) is 18.2. The summed E-state index contributed by atoms with van der Waals surface area (Å²) in [4.78, 5) is 30.7. The number of aliphatic imine (C=N–C) groups is 1. The van der Waals surface area contributed by atoms with Crippen molar-refractivity contribution in [2.75, 3.05) is 0 Å². The quantitative estimate of drug-likeness (QED) is 0.337. The molecule has 0 bridgehead atoms. The smallest absolute Gasteiger partial charge is 0.328 e. The van der Waals surface area contributed by atoms with Crippen molar-refractivity contribution in [2.45, 2.75) is 6.92 Å². The highest BCUT2D eigenvalue weighted by atomic mass is 35.5. The summed E-state index contributed by atoms with van der Waals surface area (Å²) in [5, 5.41) is 8.97. The van der Waals surface area contributed by atoms with Crippen LogP contribution in [0.4, 0.5) is 5.69 Å². The van der Waals surface area contributed by atoms with Crippen LogP contribution in [0.15, 0.2) is 59.7 Å². The number of halogens is 1. The van der Waals surface area contributed by atoms with Crippen molar-refractivity contribution in [1.82, 2.24) is 15.8 Å². The van der Waals surface area contributed by atoms with Crippen LogP contribution in [0, 0.1) is 6.92 Å². The van der Waals surface area contributed by atoms with E-state index in [0.717, 1.165) is 17.7 Å². The minimum absolute atomic E-state index is 0.255. The number of amides is 1. The summed E-state index contributed by atoms with van der Waals surface area (Å²) in [5.41, 5.74) is 6.91. The minimum atomic E-state index is -1.22. The molecule has 0 unspecified atom stereocenters. The summed E-state index contributed by atoms with van der Waals surface area (Å²) in [7, 11) is 0. The Morgan fingerprint density at radius 3 is 2.56 bits per heavy atom. The molecule has 0 aliphatic carbocycles. The van der Waals surface area contributed by atoms with Gasteiger partial charge >= 0.3 is 5.97 Å². The number of amidine groups is 1. The molecule has 0 saturated heterocycles. The average molecular weight is 359 g/mol. The summed E-state index contributed by atoms with van der Waals surface area (Å²) in [6, 6.07) is 10.5. The zero-order chi connectivity index (χ0) is 18.2. The van der Waals surface area contributed by atoms with Gasteiger partial charge in [0.25, 0.3) is 5.91 Å². The Labute approximate surface area is 149 Å². The Kier molecular flexibility index (Phi) is 6.25. The second kappa shape index (κ2) is 8.60. The van der Waals surface area contributed by atoms with Crippen molar-refractivity contribution in [2.24, 2.45) is 4.99 Å². The Morgan fingerprint density at radius 2 is 1.92 bits per heavy atom. The van der Waals surface area contributed by atoms with Gasteiger partial charge in [0.1, 0.15) is 5.69 Å². The van der Waals surface area contributed by atoms with Gasteiger partial charge in [0, 0.05) is 18.3 Å². The number of nitrogens with one attached hydrogen (secondary N) is 2. The van der Waals surface area contributed by atoms with Crippen LogP contribution in [-0.4, -0.2) is 27.8 Å². The van der Waals surface area contributed by atoms with Crippen LogP contribution in [0.2, 0.25) is 5.02 Å². The van der Waals surface area contributed by atoms with E-state index in [9.17, 15) is 9.59 Å². The number of benzene rings is 1. The second-order valence-electron chi connectivity index (χ2n) is 4.92. The second-order valence-corrected chi connectivity index (χ2v) is 5.33. The van der Waals surface area contributed by atoms with Gasteiger partial charge in [-0.05, 0) is 30.7 Å². The number of pyridine rings is 1. The number of carboxylic acids is 1. The molecule has 1 aromatic carbocycles. The maximum absolute atomic E-state index is 11.6. The number of rotatable bonds is 4. The third-order valence-corrected chi connectivity index (χ3v) is 3.24. The first-order valence-electron chi connectivity index (χ1n) is 7.19. The van der Waals surface area contributed by atoms with E-state index >= 15 is 0 Å². The molecule has 0 saturated carbocycles. The normalized spacial score (nSPS) is 11.4. The molecule has 0 spiro atoms. The number of hydrogen-bond donors (Lipinski definition) is 3. The molecular weight excluding hydrogens is 344 g/mol. The lowest BCUT2D eigenvalue weighted by atomic mass is 10.2. The van der Waals surface area contributed by atoms with Crippen LogP contribution in [-0.2, 0) is 9.59 Å². The fourth-order valence-electron chi connectivity index (χ4n) is 1.73. The number of carbonyl (C=O) groups is 2. The zero-order valence-corrected chi connectivity index (χ0v) is 14.0. The first-order valence-corrected chi connectivity index (χ1v) is 7.57. The van der Waals surface area contributed by atoms with Gasteiger partial charge in [-0.1, -0.05) is 29.8 Å². The molecule has 3 N–H and O–H groups in total. The van der Waals surface area contributed by atoms with Crippen LogP contribution < -0.4 is 10.9 Å². The topological polar surface area (TPSA) is 104 Å². The maximum atomic E-state index is 11.6.